The molecule has 0 N–H and O–H groups in total. The molecule has 0 atom stereocenters. The molecular formula is C7H10O2. The molecule has 1 aromatic rings. The van der Waals surface area contributed by atoms with E-state index in [1.54, 1.807) is 18.6 Å². The zero-order valence-electron chi connectivity index (χ0n) is 5.46. The fourth-order valence-corrected chi connectivity index (χ4v) is 0.554. The van der Waals surface area contributed by atoms with Crippen molar-refractivity contribution >= 4 is 0 Å². The molecule has 0 fully saturated rings. The summed E-state index contributed by atoms with van der Waals surface area (Å²) in [5.74, 6) is 0.817. The third-order valence-corrected chi connectivity index (χ3v) is 0.968. The van der Waals surface area contributed by atoms with Gasteiger partial charge in [0, 0.05) is 6.07 Å². The monoisotopic (exact) mass is 126 g/mol. The molecule has 1 rings (SSSR count). The maximum Gasteiger partial charge on any atom is 0.157 e. The molecular weight excluding hydrogens is 116 g/mol. The minimum absolute atomic E-state index is 0.763. The number of hydrogen-bond acceptors (Lipinski definition) is 2. The van der Waals surface area contributed by atoms with Gasteiger partial charge < -0.3 is 9.15 Å². The van der Waals surface area contributed by atoms with Gasteiger partial charge in [-0.15, -0.1) is 0 Å². The molecule has 0 aliphatic carbocycles. The summed E-state index contributed by atoms with van der Waals surface area (Å²) < 4.78 is 9.99. The second kappa shape index (κ2) is 3.17. The van der Waals surface area contributed by atoms with Crippen LogP contribution in [0.4, 0.5) is 0 Å². The van der Waals surface area contributed by atoms with Crippen molar-refractivity contribution < 1.29 is 9.15 Å². The summed E-state index contributed by atoms with van der Waals surface area (Å²) in [6, 6.07) is 1.80. The molecule has 0 aromatic carbocycles. The lowest BCUT2D eigenvalue weighted by Crippen LogP contribution is -1.92. The van der Waals surface area contributed by atoms with Crippen molar-refractivity contribution in [1.29, 1.82) is 0 Å². The first-order chi connectivity index (χ1) is 4.43. The van der Waals surface area contributed by atoms with Crippen molar-refractivity contribution in [3.63, 3.8) is 0 Å². The first-order valence-corrected chi connectivity index (χ1v) is 3.08. The minimum atomic E-state index is 0.763. The van der Waals surface area contributed by atoms with E-state index < -0.39 is 0 Å². The van der Waals surface area contributed by atoms with Crippen molar-refractivity contribution in [2.75, 3.05) is 6.61 Å². The normalized spacial score (nSPS) is 9.44. The fourth-order valence-electron chi connectivity index (χ4n) is 0.554. The van der Waals surface area contributed by atoms with Gasteiger partial charge in [-0.1, -0.05) is 6.92 Å². The molecule has 0 radical (unpaired) electrons. The Labute approximate surface area is 54.4 Å². The number of rotatable bonds is 3. The van der Waals surface area contributed by atoms with Crippen molar-refractivity contribution in [1.82, 2.24) is 0 Å². The van der Waals surface area contributed by atoms with Gasteiger partial charge in [-0.25, -0.2) is 0 Å². The van der Waals surface area contributed by atoms with Crippen LogP contribution >= 0.6 is 0 Å². The van der Waals surface area contributed by atoms with E-state index in [1.165, 1.54) is 0 Å². The topological polar surface area (TPSA) is 22.4 Å². The molecule has 1 heterocycles. The lowest BCUT2D eigenvalue weighted by Gasteiger charge is -1.96. The molecule has 0 unspecified atom stereocenters. The minimum Gasteiger partial charge on any atom is -0.490 e. The van der Waals surface area contributed by atoms with E-state index in [0.717, 1.165) is 18.8 Å². The Kier molecular flexibility index (Phi) is 2.19. The second-order valence-corrected chi connectivity index (χ2v) is 1.81. The highest BCUT2D eigenvalue weighted by atomic mass is 16.5. The van der Waals surface area contributed by atoms with Gasteiger partial charge >= 0.3 is 0 Å². The summed E-state index contributed by atoms with van der Waals surface area (Å²) in [4.78, 5) is 0. The van der Waals surface area contributed by atoms with E-state index in [2.05, 4.69) is 6.92 Å². The summed E-state index contributed by atoms with van der Waals surface area (Å²) in [6.07, 6.45) is 4.23. The van der Waals surface area contributed by atoms with Crippen LogP contribution in [0.2, 0.25) is 0 Å². The first kappa shape index (κ1) is 6.20. The Morgan fingerprint density at radius 3 is 3.11 bits per heavy atom. The van der Waals surface area contributed by atoms with E-state index in [-0.39, 0.29) is 0 Å². The largest absolute Gasteiger partial charge is 0.490 e. The van der Waals surface area contributed by atoms with Crippen LogP contribution in [0.25, 0.3) is 0 Å². The van der Waals surface area contributed by atoms with Crippen molar-refractivity contribution in [3.05, 3.63) is 18.6 Å². The quantitative estimate of drug-likeness (QED) is 0.618. The molecule has 1 aromatic heterocycles. The molecule has 0 spiro atoms. The average Bonchev–Trinajstić information content (AvgIpc) is 2.34. The Morgan fingerprint density at radius 2 is 2.56 bits per heavy atom. The highest BCUT2D eigenvalue weighted by Gasteiger charge is 1.89. The standard InChI is InChI=1S/C7H10O2/c1-2-4-9-7-3-5-8-6-7/h3,5-6H,2,4H2,1H3. The molecule has 0 bridgehead atoms. The Morgan fingerprint density at radius 1 is 1.67 bits per heavy atom. The van der Waals surface area contributed by atoms with E-state index >= 15 is 0 Å². The first-order valence-electron chi connectivity index (χ1n) is 3.08. The molecule has 9 heavy (non-hydrogen) atoms. The summed E-state index contributed by atoms with van der Waals surface area (Å²) >= 11 is 0. The number of hydrogen-bond donors (Lipinski definition) is 0. The van der Waals surface area contributed by atoms with Gasteiger partial charge in [0.1, 0.15) is 6.26 Å². The highest BCUT2D eigenvalue weighted by Crippen LogP contribution is 2.09. The predicted octanol–water partition coefficient (Wildman–Crippen LogP) is 2.07. The van der Waals surface area contributed by atoms with E-state index in [4.69, 9.17) is 9.15 Å². The zero-order valence-corrected chi connectivity index (χ0v) is 5.46. The van der Waals surface area contributed by atoms with Gasteiger partial charge in [0.25, 0.3) is 0 Å². The summed E-state index contributed by atoms with van der Waals surface area (Å²) in [7, 11) is 0. The molecule has 2 heteroatoms. The van der Waals surface area contributed by atoms with Gasteiger partial charge in [-0.2, -0.15) is 0 Å². The molecule has 0 amide bonds. The van der Waals surface area contributed by atoms with Crippen LogP contribution in [0.5, 0.6) is 5.75 Å². The highest BCUT2D eigenvalue weighted by molar-refractivity contribution is 5.12. The number of furan rings is 1. The third kappa shape index (κ3) is 1.80. The van der Waals surface area contributed by atoms with Crippen LogP contribution in [-0.4, -0.2) is 6.61 Å². The SMILES string of the molecule is CCCOc1ccoc1. The van der Waals surface area contributed by atoms with Crippen LogP contribution in [0.3, 0.4) is 0 Å². The maximum absolute atomic E-state index is 5.20. The molecule has 0 saturated heterocycles. The van der Waals surface area contributed by atoms with Gasteiger partial charge in [-0.05, 0) is 6.42 Å². The van der Waals surface area contributed by atoms with E-state index in [9.17, 15) is 0 Å². The number of ether oxygens (including phenoxy) is 1. The van der Waals surface area contributed by atoms with Crippen LogP contribution in [0.1, 0.15) is 13.3 Å². The van der Waals surface area contributed by atoms with Crippen LogP contribution in [-0.2, 0) is 0 Å². The lowest BCUT2D eigenvalue weighted by atomic mass is 10.5. The third-order valence-electron chi connectivity index (χ3n) is 0.968. The van der Waals surface area contributed by atoms with Crippen molar-refractivity contribution in [2.24, 2.45) is 0 Å². The molecule has 2 nitrogen and oxygen atoms in total. The predicted molar refractivity (Wildman–Crippen MR) is 34.5 cm³/mol. The fraction of sp³-hybridized carbons (Fsp3) is 0.429. The zero-order chi connectivity index (χ0) is 6.53. The van der Waals surface area contributed by atoms with Crippen LogP contribution in [0.15, 0.2) is 23.0 Å². The summed E-state index contributed by atoms with van der Waals surface area (Å²) in [5.41, 5.74) is 0. The Balaban J connectivity index is 2.30. The Bertz CT molecular complexity index is 144. The average molecular weight is 126 g/mol. The lowest BCUT2D eigenvalue weighted by molar-refractivity contribution is 0.313. The van der Waals surface area contributed by atoms with Gasteiger partial charge in [0.15, 0.2) is 5.75 Å². The van der Waals surface area contributed by atoms with Gasteiger partial charge in [0.05, 0.1) is 12.9 Å². The Hall–Kier alpha value is -0.920. The van der Waals surface area contributed by atoms with E-state index in [0.29, 0.717) is 0 Å². The van der Waals surface area contributed by atoms with Gasteiger partial charge in [0.2, 0.25) is 0 Å². The van der Waals surface area contributed by atoms with Crippen molar-refractivity contribution in [3.8, 4) is 5.75 Å². The maximum atomic E-state index is 5.20. The second-order valence-electron chi connectivity index (χ2n) is 1.81. The molecule has 0 saturated carbocycles. The smallest absolute Gasteiger partial charge is 0.157 e. The van der Waals surface area contributed by atoms with Crippen LogP contribution in [0, 0.1) is 0 Å². The molecule has 0 aliphatic heterocycles. The van der Waals surface area contributed by atoms with E-state index in [1.807, 2.05) is 0 Å². The molecule has 0 aliphatic rings. The van der Waals surface area contributed by atoms with Crippen molar-refractivity contribution in [2.45, 2.75) is 13.3 Å². The summed E-state index contributed by atoms with van der Waals surface area (Å²) in [6.45, 7) is 2.83. The summed E-state index contributed by atoms with van der Waals surface area (Å²) in [5, 5.41) is 0. The van der Waals surface area contributed by atoms with Gasteiger partial charge in [-0.3, -0.25) is 0 Å². The van der Waals surface area contributed by atoms with Crippen LogP contribution < -0.4 is 4.74 Å². The molecule has 50 valence electrons.